The highest BCUT2D eigenvalue weighted by atomic mass is 16.5. The molecule has 0 radical (unpaired) electrons. The third-order valence-corrected chi connectivity index (χ3v) is 12.7. The van der Waals surface area contributed by atoms with Crippen molar-refractivity contribution in [2.45, 2.75) is 186 Å². The minimum absolute atomic E-state index is 0.0269. The lowest BCUT2D eigenvalue weighted by Crippen LogP contribution is -2.53. The number of likely N-dealkylation sites (N-methyl/N-ethyl adjacent to an activating group) is 1. The smallest absolute Gasteiger partial charge is 0.264 e. The standard InChI is InChI=1S/C54H84N12O7/c1-4-5-6-7-8-9-10-11-12-13-14-15-19-29-49(67)58-36-23-21-27-46(51(57)69)60-53(71)47(28-20-22-35-55)59-50(68)30-24-37-66-39-44(62-63-66)40-73-45-33-31-43(32-34-45)52(70)61-48(38-42-25-17-16-18-26-42)54(72)65(3)64(2)41-56/h16-18,25-26,31-34,39,46-48H,4-15,19-24,27-30,35-38,40,55H2,1-3H3,(H2,57,69)(H,58,67)(H,59,68)(H,60,71)(H,61,70)/t46-,47-,48-/m0/s1. The minimum Gasteiger partial charge on any atom is -0.487 e. The lowest BCUT2D eigenvalue weighted by molar-refractivity contribution is -0.141. The van der Waals surface area contributed by atoms with E-state index in [0.717, 1.165) is 34.8 Å². The van der Waals surface area contributed by atoms with Gasteiger partial charge in [-0.1, -0.05) is 120 Å². The van der Waals surface area contributed by atoms with Gasteiger partial charge in [-0.2, -0.15) is 5.26 Å². The van der Waals surface area contributed by atoms with Crippen LogP contribution in [0, 0.1) is 11.5 Å². The van der Waals surface area contributed by atoms with Crippen molar-refractivity contribution in [3.8, 4) is 11.9 Å². The van der Waals surface area contributed by atoms with Crippen molar-refractivity contribution < 1.29 is 33.5 Å². The second-order valence-electron chi connectivity index (χ2n) is 18.8. The Morgan fingerprint density at radius 3 is 1.96 bits per heavy atom. The highest BCUT2D eigenvalue weighted by Crippen LogP contribution is 2.16. The van der Waals surface area contributed by atoms with E-state index < -0.39 is 41.8 Å². The molecule has 402 valence electrons. The molecule has 2 aromatic carbocycles. The number of aryl methyl sites for hydroxylation is 1. The van der Waals surface area contributed by atoms with Gasteiger partial charge in [-0.3, -0.25) is 33.4 Å². The molecular weight excluding hydrogens is 929 g/mol. The van der Waals surface area contributed by atoms with Crippen molar-refractivity contribution in [2.75, 3.05) is 27.2 Å². The highest BCUT2D eigenvalue weighted by Gasteiger charge is 2.28. The summed E-state index contributed by atoms with van der Waals surface area (Å²) in [6, 6.07) is 12.9. The largest absolute Gasteiger partial charge is 0.487 e. The molecule has 0 aliphatic rings. The molecule has 0 unspecified atom stereocenters. The summed E-state index contributed by atoms with van der Waals surface area (Å²) in [5.41, 5.74) is 13.1. The number of nitrogens with two attached hydrogens (primary N) is 2. The molecule has 3 rings (SSSR count). The predicted molar refractivity (Wildman–Crippen MR) is 281 cm³/mol. The Hall–Kier alpha value is -6.55. The SMILES string of the molecule is CCCCCCCCCCCCCCCC(=O)NCCCC[C@H](NC(=O)[C@H](CCCCN)NC(=O)CCCn1cc(COc2ccc(C(=O)N[C@@H](Cc3ccccc3)C(=O)N(C)N(C)C#N)cc2)nn1)C(N)=O. The summed E-state index contributed by atoms with van der Waals surface area (Å²) in [6.45, 7) is 3.61. The Morgan fingerprint density at radius 2 is 1.33 bits per heavy atom. The fourth-order valence-corrected chi connectivity index (χ4v) is 8.19. The molecule has 0 fully saturated rings. The molecule has 1 heterocycles. The molecule has 73 heavy (non-hydrogen) atoms. The predicted octanol–water partition coefficient (Wildman–Crippen LogP) is 6.12. The van der Waals surface area contributed by atoms with E-state index in [1.165, 1.54) is 78.3 Å². The van der Waals surface area contributed by atoms with Crippen molar-refractivity contribution in [1.29, 1.82) is 5.26 Å². The molecule has 3 atom stereocenters. The maximum Gasteiger partial charge on any atom is 0.264 e. The number of hydrazine groups is 1. The highest BCUT2D eigenvalue weighted by molar-refractivity contribution is 5.97. The number of nitrogens with one attached hydrogen (secondary N) is 4. The van der Waals surface area contributed by atoms with E-state index in [0.29, 0.717) is 88.0 Å². The van der Waals surface area contributed by atoms with Crippen LogP contribution in [0.25, 0.3) is 0 Å². The molecule has 0 aliphatic heterocycles. The molecule has 8 N–H and O–H groups in total. The van der Waals surface area contributed by atoms with E-state index in [9.17, 15) is 34.0 Å². The zero-order valence-electron chi connectivity index (χ0n) is 43.8. The van der Waals surface area contributed by atoms with Crippen molar-refractivity contribution in [3.63, 3.8) is 0 Å². The third kappa shape index (κ3) is 25.6. The van der Waals surface area contributed by atoms with E-state index in [2.05, 4.69) is 38.5 Å². The molecule has 19 nitrogen and oxygen atoms in total. The zero-order valence-corrected chi connectivity index (χ0v) is 43.8. The summed E-state index contributed by atoms with van der Waals surface area (Å²) < 4.78 is 7.47. The number of amides is 6. The number of aromatic nitrogens is 3. The zero-order chi connectivity index (χ0) is 53.1. The van der Waals surface area contributed by atoms with Crippen molar-refractivity contribution in [1.82, 2.24) is 46.3 Å². The van der Waals surface area contributed by atoms with E-state index in [1.54, 1.807) is 35.1 Å². The number of ether oxygens (including phenoxy) is 1. The van der Waals surface area contributed by atoms with E-state index in [-0.39, 0.29) is 31.3 Å². The van der Waals surface area contributed by atoms with Gasteiger partial charge in [-0.15, -0.1) is 5.10 Å². The van der Waals surface area contributed by atoms with Gasteiger partial charge < -0.3 is 37.5 Å². The van der Waals surface area contributed by atoms with Gasteiger partial charge in [0.05, 0.1) is 6.20 Å². The van der Waals surface area contributed by atoms with Gasteiger partial charge in [-0.25, -0.2) is 10.0 Å². The quantitative estimate of drug-likeness (QED) is 0.0163. The van der Waals surface area contributed by atoms with Crippen LogP contribution >= 0.6 is 0 Å². The fourth-order valence-electron chi connectivity index (χ4n) is 8.19. The van der Waals surface area contributed by atoms with Gasteiger partial charge in [0, 0.05) is 52.0 Å². The molecule has 19 heteroatoms. The van der Waals surface area contributed by atoms with Crippen LogP contribution in [0.15, 0.2) is 60.8 Å². The number of carbonyl (C=O) groups excluding carboxylic acids is 6. The summed E-state index contributed by atoms with van der Waals surface area (Å²) in [5.74, 6) is -1.92. The number of hydrogen-bond donors (Lipinski definition) is 6. The van der Waals surface area contributed by atoms with Crippen LogP contribution in [0.1, 0.15) is 170 Å². The molecule has 0 spiro atoms. The average molecular weight is 1010 g/mol. The van der Waals surface area contributed by atoms with Crippen LogP contribution in [0.4, 0.5) is 0 Å². The summed E-state index contributed by atoms with van der Waals surface area (Å²) in [4.78, 5) is 77.7. The second kappa shape index (κ2) is 36.4. The van der Waals surface area contributed by atoms with Crippen LogP contribution in [-0.2, 0) is 43.5 Å². The summed E-state index contributed by atoms with van der Waals surface area (Å²) in [6.07, 6.45) is 24.2. The maximum absolute atomic E-state index is 13.4. The van der Waals surface area contributed by atoms with Crippen molar-refractivity contribution in [3.05, 3.63) is 77.6 Å². The van der Waals surface area contributed by atoms with Crippen LogP contribution in [-0.4, -0.2) is 106 Å². The topological polar surface area (TPSA) is 273 Å². The van der Waals surface area contributed by atoms with E-state index in [4.69, 9.17) is 16.2 Å². The fraction of sp³-hybridized carbons (Fsp3) is 0.611. The van der Waals surface area contributed by atoms with E-state index >= 15 is 0 Å². The number of nitriles is 1. The first-order valence-electron chi connectivity index (χ1n) is 26.6. The normalized spacial score (nSPS) is 12.2. The number of unbranched alkanes of at least 4 members (excludes halogenated alkanes) is 14. The first-order chi connectivity index (χ1) is 35.3. The van der Waals surface area contributed by atoms with Gasteiger partial charge >= 0.3 is 0 Å². The number of hydrogen-bond acceptors (Lipinski definition) is 12. The first kappa shape index (κ1) is 60.8. The Kier molecular flexibility index (Phi) is 30.3. The molecule has 0 saturated carbocycles. The monoisotopic (exact) mass is 1010 g/mol. The van der Waals surface area contributed by atoms with Gasteiger partial charge in [-0.05, 0) is 87.7 Å². The molecule has 1 aromatic heterocycles. The summed E-state index contributed by atoms with van der Waals surface area (Å²) >= 11 is 0. The molecule has 6 amide bonds. The molecule has 0 aliphatic carbocycles. The molecular formula is C54H84N12O7. The molecule has 0 saturated heterocycles. The van der Waals surface area contributed by atoms with E-state index in [1.807, 2.05) is 36.5 Å². The third-order valence-electron chi connectivity index (χ3n) is 12.7. The molecule has 0 bridgehead atoms. The van der Waals surface area contributed by atoms with Crippen LogP contribution in [0.5, 0.6) is 5.75 Å². The first-order valence-corrected chi connectivity index (χ1v) is 26.6. The number of rotatable bonds is 40. The summed E-state index contributed by atoms with van der Waals surface area (Å²) in [7, 11) is 2.92. The Labute approximate surface area is 433 Å². The second-order valence-corrected chi connectivity index (χ2v) is 18.8. The number of carbonyl (C=O) groups is 6. The van der Waals surface area contributed by atoms with Crippen molar-refractivity contribution >= 4 is 35.4 Å². The number of primary amides is 1. The van der Waals surface area contributed by atoms with Gasteiger partial charge in [0.2, 0.25) is 23.6 Å². The summed E-state index contributed by atoms with van der Waals surface area (Å²) in [5, 5.41) is 31.1. The average Bonchev–Trinajstić information content (AvgIpc) is 3.85. The van der Waals surface area contributed by atoms with Crippen molar-refractivity contribution in [2.24, 2.45) is 11.5 Å². The number of benzene rings is 2. The van der Waals surface area contributed by atoms with Crippen LogP contribution in [0.3, 0.4) is 0 Å². The Balaban J connectivity index is 1.36. The van der Waals surface area contributed by atoms with Crippen LogP contribution in [0.2, 0.25) is 0 Å². The lowest BCUT2D eigenvalue weighted by atomic mass is 10.0. The van der Waals surface area contributed by atoms with Crippen LogP contribution < -0.4 is 37.5 Å². The number of nitrogens with zero attached hydrogens (tertiary/aromatic N) is 6. The Morgan fingerprint density at radius 1 is 0.712 bits per heavy atom. The maximum atomic E-state index is 13.4. The van der Waals surface area contributed by atoms with Gasteiger partial charge in [0.15, 0.2) is 6.19 Å². The van der Waals surface area contributed by atoms with Gasteiger partial charge in [0.25, 0.3) is 11.8 Å². The minimum atomic E-state index is -0.931. The lowest BCUT2D eigenvalue weighted by Gasteiger charge is -2.28. The van der Waals surface area contributed by atoms with Gasteiger partial charge in [0.1, 0.15) is 36.2 Å². The molecule has 3 aromatic rings. The Bertz CT molecular complexity index is 2110.